The van der Waals surface area contributed by atoms with Crippen molar-refractivity contribution in [2.75, 3.05) is 27.2 Å². The van der Waals surface area contributed by atoms with Gasteiger partial charge in [-0.1, -0.05) is 0 Å². The van der Waals surface area contributed by atoms with Crippen molar-refractivity contribution >= 4 is 5.78 Å². The molecule has 96 valence electrons. The van der Waals surface area contributed by atoms with Crippen LogP contribution >= 0.6 is 0 Å². The Hall–Kier alpha value is -1.55. The average molecular weight is 247 g/mol. The number of hydrogen-bond acceptors (Lipinski definition) is 4. The van der Waals surface area contributed by atoms with Gasteiger partial charge in [-0.05, 0) is 19.2 Å². The SMILES string of the molecule is COc1ccc2c(c1)OC1(CCN(C)C1)CC2=O. The molecule has 1 aromatic carbocycles. The van der Waals surface area contributed by atoms with Gasteiger partial charge in [0, 0.05) is 25.6 Å². The lowest BCUT2D eigenvalue weighted by Crippen LogP contribution is -2.44. The molecule has 0 radical (unpaired) electrons. The first-order valence-electron chi connectivity index (χ1n) is 6.21. The van der Waals surface area contributed by atoms with Crippen LogP contribution in [0.25, 0.3) is 0 Å². The molecule has 2 aliphatic rings. The minimum Gasteiger partial charge on any atom is -0.497 e. The van der Waals surface area contributed by atoms with Gasteiger partial charge in [0.25, 0.3) is 0 Å². The van der Waals surface area contributed by atoms with Crippen molar-refractivity contribution in [2.24, 2.45) is 0 Å². The first kappa shape index (κ1) is 11.5. The fraction of sp³-hybridized carbons (Fsp3) is 0.500. The molecule has 3 rings (SSSR count). The van der Waals surface area contributed by atoms with Gasteiger partial charge in [-0.2, -0.15) is 0 Å². The third-order valence-corrected chi connectivity index (χ3v) is 3.81. The van der Waals surface area contributed by atoms with Crippen LogP contribution in [0.4, 0.5) is 0 Å². The molecule has 1 spiro atoms. The van der Waals surface area contributed by atoms with E-state index in [4.69, 9.17) is 9.47 Å². The summed E-state index contributed by atoms with van der Waals surface area (Å²) in [5.41, 5.74) is 0.349. The molecule has 4 nitrogen and oxygen atoms in total. The number of ether oxygens (including phenoxy) is 2. The molecule has 0 aliphatic carbocycles. The van der Waals surface area contributed by atoms with Gasteiger partial charge in [-0.25, -0.2) is 0 Å². The summed E-state index contributed by atoms with van der Waals surface area (Å²) in [6, 6.07) is 5.41. The number of likely N-dealkylation sites (N-methyl/N-ethyl adjacent to an activating group) is 1. The van der Waals surface area contributed by atoms with Crippen LogP contribution in [0.5, 0.6) is 11.5 Å². The summed E-state index contributed by atoms with van der Waals surface area (Å²) < 4.78 is 11.3. The van der Waals surface area contributed by atoms with Crippen molar-refractivity contribution in [3.05, 3.63) is 23.8 Å². The molecule has 1 saturated heterocycles. The number of methoxy groups -OCH3 is 1. The van der Waals surface area contributed by atoms with E-state index in [0.29, 0.717) is 17.7 Å². The summed E-state index contributed by atoms with van der Waals surface area (Å²) in [6.07, 6.45) is 1.39. The molecule has 2 heterocycles. The number of carbonyl (C=O) groups excluding carboxylic acids is 1. The van der Waals surface area contributed by atoms with E-state index in [-0.39, 0.29) is 11.4 Å². The predicted octanol–water partition coefficient (Wildman–Crippen LogP) is 1.73. The van der Waals surface area contributed by atoms with Gasteiger partial charge in [0.1, 0.15) is 17.1 Å². The zero-order valence-electron chi connectivity index (χ0n) is 10.7. The summed E-state index contributed by atoms with van der Waals surface area (Å²) in [7, 11) is 3.68. The van der Waals surface area contributed by atoms with Gasteiger partial charge in [-0.15, -0.1) is 0 Å². The molecule has 1 atom stereocenters. The Morgan fingerprint density at radius 3 is 2.94 bits per heavy atom. The number of benzene rings is 1. The summed E-state index contributed by atoms with van der Waals surface area (Å²) in [6.45, 7) is 1.79. The van der Waals surface area contributed by atoms with E-state index in [1.807, 2.05) is 6.07 Å². The van der Waals surface area contributed by atoms with Crippen LogP contribution in [0.2, 0.25) is 0 Å². The minimum atomic E-state index is -0.328. The molecule has 1 fully saturated rings. The van der Waals surface area contributed by atoms with Crippen LogP contribution in [-0.2, 0) is 0 Å². The highest BCUT2D eigenvalue weighted by Gasteiger charge is 2.44. The van der Waals surface area contributed by atoms with Crippen LogP contribution in [0.3, 0.4) is 0 Å². The predicted molar refractivity (Wildman–Crippen MR) is 67.4 cm³/mol. The lowest BCUT2D eigenvalue weighted by Gasteiger charge is -2.34. The van der Waals surface area contributed by atoms with Gasteiger partial charge in [0.15, 0.2) is 5.78 Å². The van der Waals surface area contributed by atoms with Gasteiger partial charge in [0.05, 0.1) is 19.1 Å². The number of rotatable bonds is 1. The fourth-order valence-electron chi connectivity index (χ4n) is 2.87. The molecule has 2 aliphatic heterocycles. The molecule has 0 amide bonds. The summed E-state index contributed by atoms with van der Waals surface area (Å²) in [4.78, 5) is 14.4. The Bertz CT molecular complexity index is 500. The second-order valence-corrected chi connectivity index (χ2v) is 5.23. The van der Waals surface area contributed by atoms with Crippen molar-refractivity contribution in [1.82, 2.24) is 4.90 Å². The van der Waals surface area contributed by atoms with E-state index in [9.17, 15) is 4.79 Å². The molecule has 1 unspecified atom stereocenters. The number of carbonyl (C=O) groups is 1. The molecule has 0 aromatic heterocycles. The van der Waals surface area contributed by atoms with Crippen molar-refractivity contribution in [3.63, 3.8) is 0 Å². The zero-order chi connectivity index (χ0) is 12.8. The molecule has 0 N–H and O–H groups in total. The van der Waals surface area contributed by atoms with E-state index < -0.39 is 0 Å². The average Bonchev–Trinajstić information content (AvgIpc) is 2.69. The molecule has 0 saturated carbocycles. The monoisotopic (exact) mass is 247 g/mol. The number of nitrogens with zero attached hydrogens (tertiary/aromatic N) is 1. The fourth-order valence-corrected chi connectivity index (χ4v) is 2.87. The van der Waals surface area contributed by atoms with E-state index in [2.05, 4.69) is 11.9 Å². The number of fused-ring (bicyclic) bond motifs is 1. The van der Waals surface area contributed by atoms with E-state index in [0.717, 1.165) is 25.3 Å². The number of hydrogen-bond donors (Lipinski definition) is 0. The van der Waals surface area contributed by atoms with Gasteiger partial charge < -0.3 is 14.4 Å². The standard InChI is InChI=1S/C14H17NO3/c1-15-6-5-14(9-15)8-12(16)11-4-3-10(17-2)7-13(11)18-14/h3-4,7H,5-6,8-9H2,1-2H3. The van der Waals surface area contributed by atoms with Crippen LogP contribution < -0.4 is 9.47 Å². The number of Topliss-reactive ketones (excluding diaryl/α,β-unsaturated/α-hetero) is 1. The molecule has 18 heavy (non-hydrogen) atoms. The lowest BCUT2D eigenvalue weighted by molar-refractivity contribution is 0.0474. The van der Waals surface area contributed by atoms with Crippen LogP contribution in [0, 0.1) is 0 Å². The topological polar surface area (TPSA) is 38.8 Å². The third kappa shape index (κ3) is 1.77. The summed E-state index contributed by atoms with van der Waals surface area (Å²) in [5.74, 6) is 1.57. The molecule has 0 bridgehead atoms. The highest BCUT2D eigenvalue weighted by molar-refractivity contribution is 6.00. The van der Waals surface area contributed by atoms with E-state index in [1.165, 1.54) is 0 Å². The Morgan fingerprint density at radius 1 is 1.44 bits per heavy atom. The van der Waals surface area contributed by atoms with Crippen molar-refractivity contribution in [1.29, 1.82) is 0 Å². The second-order valence-electron chi connectivity index (χ2n) is 5.23. The Morgan fingerprint density at radius 2 is 2.28 bits per heavy atom. The van der Waals surface area contributed by atoms with E-state index in [1.54, 1.807) is 19.2 Å². The van der Waals surface area contributed by atoms with Crippen molar-refractivity contribution < 1.29 is 14.3 Å². The first-order valence-corrected chi connectivity index (χ1v) is 6.21. The maximum absolute atomic E-state index is 12.2. The number of likely N-dealkylation sites (tertiary alicyclic amines) is 1. The third-order valence-electron chi connectivity index (χ3n) is 3.81. The van der Waals surface area contributed by atoms with Crippen molar-refractivity contribution in [2.45, 2.75) is 18.4 Å². The smallest absolute Gasteiger partial charge is 0.170 e. The summed E-state index contributed by atoms with van der Waals surface area (Å²) >= 11 is 0. The van der Waals surface area contributed by atoms with Gasteiger partial charge >= 0.3 is 0 Å². The molecular formula is C14H17NO3. The first-order chi connectivity index (χ1) is 8.62. The largest absolute Gasteiger partial charge is 0.497 e. The Labute approximate surface area is 106 Å². The summed E-state index contributed by atoms with van der Waals surface area (Å²) in [5, 5.41) is 0. The minimum absolute atomic E-state index is 0.175. The van der Waals surface area contributed by atoms with Gasteiger partial charge in [0.2, 0.25) is 0 Å². The molecule has 1 aromatic rings. The van der Waals surface area contributed by atoms with Crippen LogP contribution in [0.15, 0.2) is 18.2 Å². The van der Waals surface area contributed by atoms with E-state index >= 15 is 0 Å². The maximum Gasteiger partial charge on any atom is 0.170 e. The quantitative estimate of drug-likeness (QED) is 0.757. The molecular weight excluding hydrogens is 230 g/mol. The Balaban J connectivity index is 1.97. The zero-order valence-corrected chi connectivity index (χ0v) is 10.7. The highest BCUT2D eigenvalue weighted by atomic mass is 16.5. The van der Waals surface area contributed by atoms with Crippen molar-refractivity contribution in [3.8, 4) is 11.5 Å². The van der Waals surface area contributed by atoms with Crippen LogP contribution in [-0.4, -0.2) is 43.5 Å². The normalized spacial score (nSPS) is 27.1. The molecule has 4 heteroatoms. The highest BCUT2D eigenvalue weighted by Crippen LogP contribution is 2.39. The Kier molecular flexibility index (Phi) is 2.55. The maximum atomic E-state index is 12.2. The lowest BCUT2D eigenvalue weighted by atomic mass is 9.89. The van der Waals surface area contributed by atoms with Gasteiger partial charge in [-0.3, -0.25) is 4.79 Å². The second kappa shape index (κ2) is 3.99. The number of ketones is 1. The van der Waals surface area contributed by atoms with Crippen LogP contribution in [0.1, 0.15) is 23.2 Å².